The van der Waals surface area contributed by atoms with Crippen LogP contribution in [0.3, 0.4) is 0 Å². The summed E-state index contributed by atoms with van der Waals surface area (Å²) in [7, 11) is 2.11. The highest BCUT2D eigenvalue weighted by Gasteiger charge is 2.29. The van der Waals surface area contributed by atoms with Crippen LogP contribution in [0.25, 0.3) is 11.1 Å². The molecule has 1 atom stereocenters. The lowest BCUT2D eigenvalue weighted by molar-refractivity contribution is -0.139. The summed E-state index contributed by atoms with van der Waals surface area (Å²) in [6.07, 6.45) is 0.412. The molecule has 33 heavy (non-hydrogen) atoms. The maximum atomic E-state index is 12.4. The van der Waals surface area contributed by atoms with Crippen LogP contribution in [0.2, 0.25) is 0 Å². The summed E-state index contributed by atoms with van der Waals surface area (Å²) in [4.78, 5) is 28.7. The van der Waals surface area contributed by atoms with Gasteiger partial charge < -0.3 is 25.0 Å². The monoisotopic (exact) mass is 473 g/mol. The second-order valence-corrected chi connectivity index (χ2v) is 8.65. The number of halogens is 1. The lowest BCUT2D eigenvalue weighted by atomic mass is 9.98. The first kappa shape index (κ1) is 25.0. The van der Waals surface area contributed by atoms with Gasteiger partial charge in [0.2, 0.25) is 0 Å². The third kappa shape index (κ3) is 6.05. The molecular formula is C25H32ClN3O4. The van der Waals surface area contributed by atoms with E-state index in [9.17, 15) is 14.7 Å². The Balaban J connectivity index is 0.00000306. The van der Waals surface area contributed by atoms with Crippen molar-refractivity contribution in [2.45, 2.75) is 24.8 Å². The number of hydrogen-bond donors (Lipinski definition) is 2. The third-order valence-electron chi connectivity index (χ3n) is 6.50. The average Bonchev–Trinajstić information content (AvgIpc) is 3.12. The highest BCUT2D eigenvalue weighted by molar-refractivity contribution is 5.85. The summed E-state index contributed by atoms with van der Waals surface area (Å²) in [6.45, 7) is 5.06. The molecule has 0 aromatic heterocycles. The number of carbonyl (C=O) groups is 2. The van der Waals surface area contributed by atoms with Gasteiger partial charge in [-0.05, 0) is 48.7 Å². The molecule has 1 fully saturated rings. The molecule has 0 radical (unpaired) electrons. The predicted octanol–water partition coefficient (Wildman–Crippen LogP) is 3.43. The molecule has 4 rings (SSSR count). The highest BCUT2D eigenvalue weighted by atomic mass is 35.5. The number of ether oxygens (including phenoxy) is 1. The second kappa shape index (κ2) is 11.5. The quantitative estimate of drug-likeness (QED) is 0.611. The molecule has 178 valence electrons. The second-order valence-electron chi connectivity index (χ2n) is 8.65. The van der Waals surface area contributed by atoms with E-state index in [0.29, 0.717) is 12.8 Å². The smallest absolute Gasteiger partial charge is 0.407 e. The van der Waals surface area contributed by atoms with Crippen molar-refractivity contribution in [3.63, 3.8) is 0 Å². The number of carboxylic acid groups (broad SMARTS) is 1. The van der Waals surface area contributed by atoms with Crippen molar-refractivity contribution in [1.82, 2.24) is 15.1 Å². The summed E-state index contributed by atoms with van der Waals surface area (Å²) in [5, 5.41) is 12.1. The van der Waals surface area contributed by atoms with Crippen molar-refractivity contribution in [3.8, 4) is 11.1 Å². The first-order chi connectivity index (χ1) is 15.5. The van der Waals surface area contributed by atoms with Crippen LogP contribution in [0.1, 0.15) is 29.9 Å². The van der Waals surface area contributed by atoms with Crippen LogP contribution >= 0.6 is 12.4 Å². The zero-order valence-electron chi connectivity index (χ0n) is 18.9. The largest absolute Gasteiger partial charge is 0.480 e. The average molecular weight is 474 g/mol. The molecule has 0 unspecified atom stereocenters. The van der Waals surface area contributed by atoms with Gasteiger partial charge >= 0.3 is 12.1 Å². The molecule has 7 nitrogen and oxygen atoms in total. The van der Waals surface area contributed by atoms with E-state index in [1.54, 1.807) is 0 Å². The molecule has 1 heterocycles. The Morgan fingerprint density at radius 1 is 1.03 bits per heavy atom. The van der Waals surface area contributed by atoms with Crippen LogP contribution in [-0.4, -0.2) is 79.4 Å². The fourth-order valence-corrected chi connectivity index (χ4v) is 4.63. The first-order valence-electron chi connectivity index (χ1n) is 11.3. The number of amides is 1. The van der Waals surface area contributed by atoms with Gasteiger partial charge in [0.15, 0.2) is 0 Å². The number of hydrogen-bond acceptors (Lipinski definition) is 5. The van der Waals surface area contributed by atoms with E-state index in [1.807, 2.05) is 24.3 Å². The lowest BCUT2D eigenvalue weighted by Crippen LogP contribution is -2.45. The Bertz CT molecular complexity index is 917. The van der Waals surface area contributed by atoms with Gasteiger partial charge in [0.25, 0.3) is 0 Å². The third-order valence-corrected chi connectivity index (χ3v) is 6.50. The number of likely N-dealkylation sites (N-methyl/N-ethyl adjacent to an activating group) is 1. The minimum Gasteiger partial charge on any atom is -0.480 e. The number of benzene rings is 2. The minimum atomic E-state index is -1.03. The maximum absolute atomic E-state index is 12.4. The molecule has 1 saturated heterocycles. The number of aliphatic carboxylic acids is 1. The zero-order valence-corrected chi connectivity index (χ0v) is 19.7. The van der Waals surface area contributed by atoms with Crippen molar-refractivity contribution >= 4 is 24.5 Å². The number of alkyl carbamates (subject to hydrolysis) is 1. The summed E-state index contributed by atoms with van der Waals surface area (Å²) in [5.41, 5.74) is 4.57. The fourth-order valence-electron chi connectivity index (χ4n) is 4.63. The van der Waals surface area contributed by atoms with Crippen LogP contribution in [0, 0.1) is 0 Å². The number of nitrogens with one attached hydrogen (secondary N) is 1. The molecular weight excluding hydrogens is 442 g/mol. The van der Waals surface area contributed by atoms with Gasteiger partial charge in [0.05, 0.1) is 0 Å². The van der Waals surface area contributed by atoms with Crippen molar-refractivity contribution in [2.75, 3.05) is 46.4 Å². The molecule has 1 amide bonds. The number of rotatable bonds is 8. The number of carboxylic acids is 1. The van der Waals surface area contributed by atoms with E-state index < -0.39 is 18.1 Å². The van der Waals surface area contributed by atoms with E-state index in [1.165, 1.54) is 0 Å². The number of nitrogens with zero attached hydrogens (tertiary/aromatic N) is 2. The highest BCUT2D eigenvalue weighted by Crippen LogP contribution is 2.44. The Morgan fingerprint density at radius 2 is 1.61 bits per heavy atom. The van der Waals surface area contributed by atoms with Crippen LogP contribution in [-0.2, 0) is 9.53 Å². The first-order valence-corrected chi connectivity index (χ1v) is 11.3. The van der Waals surface area contributed by atoms with Crippen LogP contribution in [0.4, 0.5) is 4.79 Å². The van der Waals surface area contributed by atoms with Crippen molar-refractivity contribution in [2.24, 2.45) is 0 Å². The molecule has 0 spiro atoms. The normalized spacial score (nSPS) is 16.9. The maximum Gasteiger partial charge on any atom is 0.407 e. The molecule has 8 heteroatoms. The Morgan fingerprint density at radius 3 is 2.18 bits per heavy atom. The van der Waals surface area contributed by atoms with E-state index in [2.05, 4.69) is 46.4 Å². The summed E-state index contributed by atoms with van der Waals surface area (Å²) < 4.78 is 5.50. The molecule has 0 saturated carbocycles. The van der Waals surface area contributed by atoms with E-state index in [0.717, 1.165) is 55.0 Å². The van der Waals surface area contributed by atoms with Gasteiger partial charge in [-0.1, -0.05) is 48.5 Å². The number of piperazine rings is 1. The van der Waals surface area contributed by atoms with Gasteiger partial charge in [-0.3, -0.25) is 0 Å². The number of carbonyl (C=O) groups excluding carboxylic acids is 1. The molecule has 2 N–H and O–H groups in total. The van der Waals surface area contributed by atoms with Gasteiger partial charge in [-0.15, -0.1) is 12.4 Å². The summed E-state index contributed by atoms with van der Waals surface area (Å²) in [6, 6.07) is 15.3. The van der Waals surface area contributed by atoms with Crippen molar-refractivity contribution in [3.05, 3.63) is 59.7 Å². The molecule has 1 aliphatic heterocycles. The molecule has 2 aromatic rings. The Hall–Kier alpha value is -2.61. The molecule has 1 aliphatic carbocycles. The zero-order chi connectivity index (χ0) is 22.5. The summed E-state index contributed by atoms with van der Waals surface area (Å²) >= 11 is 0. The van der Waals surface area contributed by atoms with Crippen LogP contribution in [0.15, 0.2) is 48.5 Å². The minimum absolute atomic E-state index is 0. The predicted molar refractivity (Wildman–Crippen MR) is 130 cm³/mol. The van der Waals surface area contributed by atoms with Gasteiger partial charge in [0, 0.05) is 32.1 Å². The standard InChI is InChI=1S/C25H31N3O4.ClH/c1-27-13-15-28(16-14-27)12-6-11-23(24(29)30)26-25(31)32-17-22-20-9-4-2-7-18(20)19-8-3-5-10-21(19)22;/h2-5,7-10,22-23H,6,11-17H2,1H3,(H,26,31)(H,29,30);1H/t23-;/m0./s1. The Kier molecular flexibility index (Phi) is 8.72. The van der Waals surface area contributed by atoms with Crippen LogP contribution in [0.5, 0.6) is 0 Å². The van der Waals surface area contributed by atoms with Crippen LogP contribution < -0.4 is 5.32 Å². The fraction of sp³-hybridized carbons (Fsp3) is 0.440. The molecule has 0 bridgehead atoms. The van der Waals surface area contributed by atoms with E-state index >= 15 is 0 Å². The summed E-state index contributed by atoms with van der Waals surface area (Å²) in [5.74, 6) is -1.08. The van der Waals surface area contributed by atoms with Gasteiger partial charge in [0.1, 0.15) is 12.6 Å². The topological polar surface area (TPSA) is 82.1 Å². The Labute approximate surface area is 201 Å². The SMILES string of the molecule is CN1CCN(CCC[C@H](NC(=O)OCC2c3ccccc3-c3ccccc32)C(=O)O)CC1.Cl. The molecule has 2 aromatic carbocycles. The van der Waals surface area contributed by atoms with Crippen molar-refractivity contribution in [1.29, 1.82) is 0 Å². The molecule has 2 aliphatic rings. The van der Waals surface area contributed by atoms with Crippen molar-refractivity contribution < 1.29 is 19.4 Å². The van der Waals surface area contributed by atoms with E-state index in [4.69, 9.17) is 4.74 Å². The lowest BCUT2D eigenvalue weighted by Gasteiger charge is -2.32. The van der Waals surface area contributed by atoms with Gasteiger partial charge in [-0.25, -0.2) is 9.59 Å². The van der Waals surface area contributed by atoms with E-state index in [-0.39, 0.29) is 24.9 Å². The number of fused-ring (bicyclic) bond motifs is 3. The van der Waals surface area contributed by atoms with Gasteiger partial charge in [-0.2, -0.15) is 0 Å².